The first-order chi connectivity index (χ1) is 16.3. The molecule has 1 aliphatic rings. The first-order valence-corrected chi connectivity index (χ1v) is 13.5. The zero-order valence-electron chi connectivity index (χ0n) is 19.5. The van der Waals surface area contributed by atoms with Crippen molar-refractivity contribution < 1.29 is 14.2 Å². The monoisotopic (exact) mass is 463 g/mol. The number of benzene rings is 3. The molecular formula is C29H35O3S+. The van der Waals surface area contributed by atoms with E-state index in [1.807, 2.05) is 18.2 Å². The van der Waals surface area contributed by atoms with Crippen molar-refractivity contribution in [3.8, 4) is 0 Å². The molecule has 0 amide bonds. The highest BCUT2D eigenvalue weighted by Gasteiger charge is 2.52. The summed E-state index contributed by atoms with van der Waals surface area (Å²) in [6.07, 6.45) is 1.31. The molecule has 0 saturated carbocycles. The maximum atomic E-state index is 6.58. The normalized spacial score (nSPS) is 22.5. The third-order valence-corrected chi connectivity index (χ3v) is 8.94. The maximum absolute atomic E-state index is 6.58. The van der Waals surface area contributed by atoms with Crippen molar-refractivity contribution >= 4 is 10.9 Å². The molecule has 0 spiro atoms. The number of ether oxygens (including phenoxy) is 3. The van der Waals surface area contributed by atoms with Gasteiger partial charge in [-0.2, -0.15) is 0 Å². The second kappa shape index (κ2) is 13.0. The lowest BCUT2D eigenvalue weighted by atomic mass is 10.1. The Bertz CT molecular complexity index is 919. The Morgan fingerprint density at radius 3 is 1.76 bits per heavy atom. The molecule has 1 fully saturated rings. The van der Waals surface area contributed by atoms with Crippen molar-refractivity contribution in [3.63, 3.8) is 0 Å². The first kappa shape index (κ1) is 24.0. The molecule has 174 valence electrons. The summed E-state index contributed by atoms with van der Waals surface area (Å²) in [5.74, 6) is 2.26. The topological polar surface area (TPSA) is 27.7 Å². The van der Waals surface area contributed by atoms with E-state index in [1.165, 1.54) is 28.9 Å². The minimum absolute atomic E-state index is 0.0413. The molecule has 3 aromatic rings. The van der Waals surface area contributed by atoms with Crippen LogP contribution in [0.15, 0.2) is 91.0 Å². The zero-order chi connectivity index (χ0) is 22.7. The van der Waals surface area contributed by atoms with Gasteiger partial charge in [0.2, 0.25) is 0 Å². The predicted molar refractivity (Wildman–Crippen MR) is 137 cm³/mol. The third-order valence-electron chi connectivity index (χ3n) is 5.99. The van der Waals surface area contributed by atoms with E-state index in [9.17, 15) is 0 Å². The molecule has 1 saturated heterocycles. The molecule has 1 unspecified atom stereocenters. The molecule has 4 heteroatoms. The summed E-state index contributed by atoms with van der Waals surface area (Å²) in [5, 5.41) is 0.359. The van der Waals surface area contributed by atoms with E-state index in [0.717, 1.165) is 5.75 Å². The van der Waals surface area contributed by atoms with Crippen LogP contribution in [0.25, 0.3) is 0 Å². The Morgan fingerprint density at radius 1 is 0.697 bits per heavy atom. The lowest BCUT2D eigenvalue weighted by molar-refractivity contribution is -0.0768. The van der Waals surface area contributed by atoms with Crippen molar-refractivity contribution in [2.75, 3.05) is 18.1 Å². The average molecular weight is 464 g/mol. The molecule has 1 heterocycles. The molecule has 0 N–H and O–H groups in total. The van der Waals surface area contributed by atoms with Gasteiger partial charge < -0.3 is 14.2 Å². The zero-order valence-corrected chi connectivity index (χ0v) is 20.3. The molecule has 4 atom stereocenters. The second-order valence-corrected chi connectivity index (χ2v) is 11.0. The molecule has 4 rings (SSSR count). The minimum Gasteiger partial charge on any atom is -0.371 e. The van der Waals surface area contributed by atoms with E-state index in [0.29, 0.717) is 31.7 Å². The van der Waals surface area contributed by atoms with Crippen LogP contribution in [-0.2, 0) is 44.9 Å². The quantitative estimate of drug-likeness (QED) is 0.319. The second-order valence-electron chi connectivity index (χ2n) is 8.54. The number of hydrogen-bond donors (Lipinski definition) is 0. The van der Waals surface area contributed by atoms with Gasteiger partial charge >= 0.3 is 0 Å². The van der Waals surface area contributed by atoms with Gasteiger partial charge in [-0.3, -0.25) is 0 Å². The molecule has 3 aromatic carbocycles. The summed E-state index contributed by atoms with van der Waals surface area (Å²) in [6.45, 7) is 4.85. The lowest BCUT2D eigenvalue weighted by Gasteiger charge is -2.22. The van der Waals surface area contributed by atoms with Crippen LogP contribution < -0.4 is 0 Å². The van der Waals surface area contributed by atoms with Gasteiger partial charge in [0.1, 0.15) is 23.7 Å². The van der Waals surface area contributed by atoms with E-state index in [2.05, 4.69) is 79.7 Å². The molecule has 3 nitrogen and oxygen atoms in total. The molecule has 0 bridgehead atoms. The van der Waals surface area contributed by atoms with Crippen LogP contribution in [0.5, 0.6) is 0 Å². The number of hydrogen-bond acceptors (Lipinski definition) is 3. The Morgan fingerprint density at radius 2 is 1.21 bits per heavy atom. The van der Waals surface area contributed by atoms with Crippen molar-refractivity contribution in [2.45, 2.75) is 50.6 Å². The average Bonchev–Trinajstić information content (AvgIpc) is 3.19. The van der Waals surface area contributed by atoms with Crippen LogP contribution in [-0.4, -0.2) is 35.6 Å². The minimum atomic E-state index is 0.0413. The van der Waals surface area contributed by atoms with Crippen LogP contribution in [0.3, 0.4) is 0 Å². The van der Waals surface area contributed by atoms with E-state index < -0.39 is 0 Å². The van der Waals surface area contributed by atoms with E-state index in [4.69, 9.17) is 14.2 Å². The third kappa shape index (κ3) is 7.18. The highest BCUT2D eigenvalue weighted by molar-refractivity contribution is 7.97. The fourth-order valence-electron chi connectivity index (χ4n) is 4.32. The summed E-state index contributed by atoms with van der Waals surface area (Å²) < 4.78 is 19.3. The smallest absolute Gasteiger partial charge is 0.170 e. The van der Waals surface area contributed by atoms with Gasteiger partial charge in [0.25, 0.3) is 0 Å². The van der Waals surface area contributed by atoms with Crippen molar-refractivity contribution in [2.24, 2.45) is 0 Å². The van der Waals surface area contributed by atoms with Gasteiger partial charge in [0, 0.05) is 0 Å². The largest absolute Gasteiger partial charge is 0.371 e. The molecule has 0 aromatic heterocycles. The summed E-state index contributed by atoms with van der Waals surface area (Å²) in [4.78, 5) is 0. The van der Waals surface area contributed by atoms with Gasteiger partial charge in [0.15, 0.2) is 5.25 Å². The molecular weight excluding hydrogens is 428 g/mol. The van der Waals surface area contributed by atoms with Gasteiger partial charge in [0.05, 0.1) is 26.4 Å². The van der Waals surface area contributed by atoms with Gasteiger partial charge in [-0.15, -0.1) is 0 Å². The highest BCUT2D eigenvalue weighted by atomic mass is 32.2. The fourth-order valence-corrected chi connectivity index (χ4v) is 7.19. The fraction of sp³-hybridized carbons (Fsp3) is 0.379. The van der Waals surface area contributed by atoms with Crippen LogP contribution in [0.2, 0.25) is 0 Å². The lowest BCUT2D eigenvalue weighted by Crippen LogP contribution is -2.39. The SMILES string of the molecule is CCC[S+]1C[C@@H](OCc2ccccc2)[C@H](OCc2ccccc2)[C@H]1COCc1ccccc1. The number of rotatable bonds is 12. The van der Waals surface area contributed by atoms with E-state index >= 15 is 0 Å². The molecule has 33 heavy (non-hydrogen) atoms. The van der Waals surface area contributed by atoms with Crippen LogP contribution in [0, 0.1) is 0 Å². The predicted octanol–water partition coefficient (Wildman–Crippen LogP) is 5.78. The van der Waals surface area contributed by atoms with Gasteiger partial charge in [-0.25, -0.2) is 0 Å². The maximum Gasteiger partial charge on any atom is 0.170 e. The molecule has 0 radical (unpaired) electrons. The summed E-state index contributed by atoms with van der Waals surface area (Å²) in [7, 11) is 0.226. The first-order valence-electron chi connectivity index (χ1n) is 11.9. The summed E-state index contributed by atoms with van der Waals surface area (Å²) >= 11 is 0. The standard InChI is InChI=1S/C29H35O3S/c1-2-18-33-23-27(31-20-25-14-8-4-9-15-25)29(32-21-26-16-10-5-11-17-26)28(33)22-30-19-24-12-6-3-7-13-24/h3-17,27-29H,2,18-23H2,1H3/q+1/t27-,28-,29+,33?/m1/s1. The van der Waals surface area contributed by atoms with Gasteiger partial charge in [-0.1, -0.05) is 97.9 Å². The Kier molecular flexibility index (Phi) is 9.43. The van der Waals surface area contributed by atoms with Crippen LogP contribution in [0.1, 0.15) is 30.0 Å². The van der Waals surface area contributed by atoms with Crippen molar-refractivity contribution in [3.05, 3.63) is 108 Å². The van der Waals surface area contributed by atoms with Crippen molar-refractivity contribution in [1.29, 1.82) is 0 Å². The van der Waals surface area contributed by atoms with E-state index in [1.54, 1.807) is 0 Å². The van der Waals surface area contributed by atoms with Crippen LogP contribution in [0.4, 0.5) is 0 Å². The summed E-state index contributed by atoms with van der Waals surface area (Å²) in [5.41, 5.74) is 3.62. The van der Waals surface area contributed by atoms with E-state index in [-0.39, 0.29) is 23.1 Å². The Balaban J connectivity index is 1.44. The molecule has 1 aliphatic heterocycles. The van der Waals surface area contributed by atoms with Crippen LogP contribution >= 0.6 is 0 Å². The highest BCUT2D eigenvalue weighted by Crippen LogP contribution is 2.31. The van der Waals surface area contributed by atoms with Crippen molar-refractivity contribution in [1.82, 2.24) is 0 Å². The molecule has 0 aliphatic carbocycles. The Labute approximate surface area is 201 Å². The summed E-state index contributed by atoms with van der Waals surface area (Å²) in [6, 6.07) is 31.3. The van der Waals surface area contributed by atoms with Gasteiger partial charge in [-0.05, 0) is 34.0 Å². The Hall–Kier alpha value is -2.11.